The molecule has 0 spiro atoms. The van der Waals surface area contributed by atoms with Gasteiger partial charge in [-0.3, -0.25) is 0 Å². The Morgan fingerprint density at radius 3 is 2.35 bits per heavy atom. The van der Waals surface area contributed by atoms with Crippen LogP contribution in [0.1, 0.15) is 74.6 Å². The fraction of sp³-hybridized carbons (Fsp3) is 0.536. The van der Waals surface area contributed by atoms with E-state index < -0.39 is 0 Å². The fourth-order valence-electron chi connectivity index (χ4n) is 5.08. The van der Waals surface area contributed by atoms with Crippen LogP contribution in [-0.2, 0) is 6.42 Å². The molecule has 1 atom stereocenters. The van der Waals surface area contributed by atoms with Gasteiger partial charge in [0, 0.05) is 12.6 Å². The first-order valence-electron chi connectivity index (χ1n) is 12.5. The van der Waals surface area contributed by atoms with E-state index in [1.54, 1.807) is 14.2 Å². The van der Waals surface area contributed by atoms with E-state index in [1.165, 1.54) is 48.8 Å². The predicted molar refractivity (Wildman–Crippen MR) is 141 cm³/mol. The van der Waals surface area contributed by atoms with Gasteiger partial charge in [-0.15, -0.1) is 0 Å². The summed E-state index contributed by atoms with van der Waals surface area (Å²) in [5.41, 5.74) is 3.76. The highest BCUT2D eigenvalue weighted by atomic mass is 32.1. The Hall–Kier alpha value is -2.47. The van der Waals surface area contributed by atoms with Crippen molar-refractivity contribution in [2.24, 2.45) is 0 Å². The molecule has 4 rings (SSSR count). The summed E-state index contributed by atoms with van der Waals surface area (Å²) >= 11 is 5.95. The fourth-order valence-corrected chi connectivity index (χ4v) is 5.46. The van der Waals surface area contributed by atoms with Crippen LogP contribution in [0.2, 0.25) is 0 Å². The molecular formula is C28H38N2O3S. The Kier molecular flexibility index (Phi) is 8.19. The van der Waals surface area contributed by atoms with Crippen molar-refractivity contribution >= 4 is 17.3 Å². The van der Waals surface area contributed by atoms with Crippen molar-refractivity contribution in [2.75, 3.05) is 27.4 Å². The van der Waals surface area contributed by atoms with Crippen molar-refractivity contribution in [3.05, 3.63) is 53.1 Å². The summed E-state index contributed by atoms with van der Waals surface area (Å²) in [5.74, 6) is 2.88. The minimum absolute atomic E-state index is 0.00285. The van der Waals surface area contributed by atoms with Gasteiger partial charge in [-0.1, -0.05) is 45.2 Å². The second kappa shape index (κ2) is 11.3. The highest BCUT2D eigenvalue weighted by Gasteiger charge is 2.32. The standard InChI is InChI=1S/C28H38N2O3S/c1-19(2)20-10-12-23(13-11-20)33-18-25-24-17-27(32-4)26(31-3)16-21(24)14-15-30(25)28(34)29-22-8-6-5-7-9-22/h10-13,16-17,19,22,25H,5-9,14-15,18H2,1-4H3,(H,29,34). The van der Waals surface area contributed by atoms with E-state index in [4.69, 9.17) is 26.4 Å². The Labute approximate surface area is 209 Å². The van der Waals surface area contributed by atoms with Crippen LogP contribution in [0.5, 0.6) is 17.2 Å². The summed E-state index contributed by atoms with van der Waals surface area (Å²) in [4.78, 5) is 2.31. The number of rotatable bonds is 7. The average Bonchev–Trinajstić information content (AvgIpc) is 2.87. The lowest BCUT2D eigenvalue weighted by Gasteiger charge is -2.40. The molecule has 0 amide bonds. The van der Waals surface area contributed by atoms with Crippen LogP contribution in [0.15, 0.2) is 36.4 Å². The third-order valence-electron chi connectivity index (χ3n) is 7.15. The molecule has 0 radical (unpaired) electrons. The van der Waals surface area contributed by atoms with E-state index in [2.05, 4.69) is 60.5 Å². The molecule has 1 heterocycles. The number of nitrogens with one attached hydrogen (secondary N) is 1. The second-order valence-corrected chi connectivity index (χ2v) is 10.1. The highest BCUT2D eigenvalue weighted by molar-refractivity contribution is 7.80. The van der Waals surface area contributed by atoms with Crippen LogP contribution < -0.4 is 19.5 Å². The molecule has 1 fully saturated rings. The third kappa shape index (κ3) is 5.60. The molecule has 0 aromatic heterocycles. The molecule has 2 aromatic carbocycles. The Balaban J connectivity index is 1.58. The van der Waals surface area contributed by atoms with E-state index in [-0.39, 0.29) is 6.04 Å². The van der Waals surface area contributed by atoms with Crippen LogP contribution in [0.4, 0.5) is 0 Å². The topological polar surface area (TPSA) is 43.0 Å². The van der Waals surface area contributed by atoms with Gasteiger partial charge in [0.05, 0.1) is 20.3 Å². The van der Waals surface area contributed by atoms with E-state index in [0.717, 1.165) is 35.3 Å². The molecule has 1 aliphatic heterocycles. The Bertz CT molecular complexity index is 970. The van der Waals surface area contributed by atoms with Gasteiger partial charge in [0.25, 0.3) is 0 Å². The molecule has 184 valence electrons. The van der Waals surface area contributed by atoms with Crippen molar-refractivity contribution < 1.29 is 14.2 Å². The number of fused-ring (bicyclic) bond motifs is 1. The van der Waals surface area contributed by atoms with Gasteiger partial charge in [-0.05, 0) is 78.4 Å². The zero-order valence-corrected chi connectivity index (χ0v) is 21.7. The number of nitrogens with zero attached hydrogens (tertiary/aromatic N) is 1. The minimum Gasteiger partial charge on any atom is -0.493 e. The molecule has 1 saturated carbocycles. The van der Waals surface area contributed by atoms with Crippen molar-refractivity contribution in [1.29, 1.82) is 0 Å². The van der Waals surface area contributed by atoms with Gasteiger partial charge >= 0.3 is 0 Å². The lowest BCUT2D eigenvalue weighted by Crippen LogP contribution is -2.50. The lowest BCUT2D eigenvalue weighted by atomic mass is 9.92. The molecule has 2 aromatic rings. The lowest BCUT2D eigenvalue weighted by molar-refractivity contribution is 0.185. The van der Waals surface area contributed by atoms with Crippen LogP contribution in [0.3, 0.4) is 0 Å². The zero-order valence-electron chi connectivity index (χ0n) is 20.9. The summed E-state index contributed by atoms with van der Waals surface area (Å²) in [6.07, 6.45) is 7.17. The van der Waals surface area contributed by atoms with Crippen LogP contribution in [0.25, 0.3) is 0 Å². The molecule has 2 aliphatic rings. The molecule has 5 nitrogen and oxygen atoms in total. The van der Waals surface area contributed by atoms with Gasteiger partial charge in [-0.25, -0.2) is 0 Å². The van der Waals surface area contributed by atoms with Gasteiger partial charge in [0.15, 0.2) is 16.6 Å². The van der Waals surface area contributed by atoms with Crippen molar-refractivity contribution in [3.63, 3.8) is 0 Å². The molecule has 0 saturated heterocycles. The van der Waals surface area contributed by atoms with Crippen LogP contribution in [-0.4, -0.2) is 43.4 Å². The van der Waals surface area contributed by atoms with Crippen LogP contribution in [0, 0.1) is 0 Å². The molecular weight excluding hydrogens is 444 g/mol. The van der Waals surface area contributed by atoms with Gasteiger partial charge in [-0.2, -0.15) is 0 Å². The van der Waals surface area contributed by atoms with E-state index in [1.807, 2.05) is 0 Å². The zero-order chi connectivity index (χ0) is 24.1. The first-order valence-corrected chi connectivity index (χ1v) is 13.0. The highest BCUT2D eigenvalue weighted by Crippen LogP contribution is 2.38. The quantitative estimate of drug-likeness (QED) is 0.487. The molecule has 6 heteroatoms. The number of hydrogen-bond acceptors (Lipinski definition) is 4. The van der Waals surface area contributed by atoms with Crippen molar-refractivity contribution in [3.8, 4) is 17.2 Å². The largest absolute Gasteiger partial charge is 0.493 e. The third-order valence-corrected chi connectivity index (χ3v) is 7.50. The molecule has 1 N–H and O–H groups in total. The van der Waals surface area contributed by atoms with Gasteiger partial charge in [0.1, 0.15) is 12.4 Å². The SMILES string of the molecule is COc1cc2c(cc1OC)C(COc1ccc(C(C)C)cc1)N(C(=S)NC1CCCCC1)CC2. The molecule has 1 aliphatic carbocycles. The maximum absolute atomic E-state index is 6.34. The normalized spacial score (nSPS) is 18.4. The van der Waals surface area contributed by atoms with Gasteiger partial charge in [0.2, 0.25) is 0 Å². The van der Waals surface area contributed by atoms with E-state index in [9.17, 15) is 0 Å². The van der Waals surface area contributed by atoms with Crippen molar-refractivity contribution in [2.45, 2.75) is 70.4 Å². The summed E-state index contributed by atoms with van der Waals surface area (Å²) in [5, 5.41) is 4.49. The van der Waals surface area contributed by atoms with Crippen molar-refractivity contribution in [1.82, 2.24) is 10.2 Å². The summed E-state index contributed by atoms with van der Waals surface area (Å²) < 4.78 is 17.5. The summed E-state index contributed by atoms with van der Waals surface area (Å²) in [7, 11) is 3.37. The molecule has 34 heavy (non-hydrogen) atoms. The molecule has 1 unspecified atom stereocenters. The maximum atomic E-state index is 6.34. The van der Waals surface area contributed by atoms with Crippen LogP contribution >= 0.6 is 12.2 Å². The van der Waals surface area contributed by atoms with Gasteiger partial charge < -0.3 is 24.4 Å². The maximum Gasteiger partial charge on any atom is 0.169 e. The average molecular weight is 483 g/mol. The molecule has 0 bridgehead atoms. The number of hydrogen-bond donors (Lipinski definition) is 1. The monoisotopic (exact) mass is 482 g/mol. The Morgan fingerprint density at radius 1 is 1.03 bits per heavy atom. The first-order chi connectivity index (χ1) is 16.5. The predicted octanol–water partition coefficient (Wildman–Crippen LogP) is 6.01. The summed E-state index contributed by atoms with van der Waals surface area (Å²) in [6, 6.07) is 13.1. The number of methoxy groups -OCH3 is 2. The Morgan fingerprint density at radius 2 is 1.71 bits per heavy atom. The smallest absolute Gasteiger partial charge is 0.169 e. The van der Waals surface area contributed by atoms with E-state index in [0.29, 0.717) is 18.6 Å². The summed E-state index contributed by atoms with van der Waals surface area (Å²) in [6.45, 7) is 5.76. The number of ether oxygens (including phenoxy) is 3. The number of thiocarbonyl (C=S) groups is 1. The second-order valence-electron chi connectivity index (χ2n) is 9.68. The van der Waals surface area contributed by atoms with E-state index >= 15 is 0 Å². The number of benzene rings is 2. The minimum atomic E-state index is -0.00285. The first kappa shape index (κ1) is 24.6.